The number of rotatable bonds is 6. The highest BCUT2D eigenvalue weighted by atomic mass is 19.4. The molecule has 0 radical (unpaired) electrons. The number of carbonyl (C=O) groups excluding carboxylic acids is 1. The number of hydrogen-bond donors (Lipinski definition) is 2. The van der Waals surface area contributed by atoms with Crippen molar-refractivity contribution in [3.05, 3.63) is 0 Å². The van der Waals surface area contributed by atoms with Gasteiger partial charge in [0, 0.05) is 6.54 Å². The van der Waals surface area contributed by atoms with Gasteiger partial charge in [0.2, 0.25) is 5.91 Å². The zero-order valence-electron chi connectivity index (χ0n) is 9.55. The average Bonchev–Trinajstić information content (AvgIpc) is 2.13. The number of hydrogen-bond acceptors (Lipinski definition) is 3. The molecule has 0 aliphatic heterocycles. The summed E-state index contributed by atoms with van der Waals surface area (Å²) in [7, 11) is 0. The van der Waals surface area contributed by atoms with Crippen molar-refractivity contribution >= 4 is 11.9 Å². The highest BCUT2D eigenvalue weighted by Crippen LogP contribution is 2.40. The fraction of sp³-hybridized carbons (Fsp3) is 0.800. The van der Waals surface area contributed by atoms with Crippen molar-refractivity contribution in [2.75, 3.05) is 19.8 Å². The molecule has 0 aromatic rings. The van der Waals surface area contributed by atoms with Crippen LogP contribution in [-0.2, 0) is 14.3 Å². The second kappa shape index (κ2) is 5.55. The summed E-state index contributed by atoms with van der Waals surface area (Å²) in [6, 6.07) is 0. The summed E-state index contributed by atoms with van der Waals surface area (Å²) in [6.45, 7) is -2.30. The van der Waals surface area contributed by atoms with Crippen molar-refractivity contribution in [1.29, 1.82) is 0 Å². The number of aliphatic carboxylic acids is 1. The van der Waals surface area contributed by atoms with Gasteiger partial charge in [-0.25, -0.2) is 0 Å². The smallest absolute Gasteiger partial charge is 0.411 e. The molecule has 1 aliphatic rings. The highest BCUT2D eigenvalue weighted by Gasteiger charge is 2.44. The molecule has 0 aromatic carbocycles. The van der Waals surface area contributed by atoms with E-state index < -0.39 is 36.7 Å². The van der Waals surface area contributed by atoms with Crippen LogP contribution in [0.2, 0.25) is 0 Å². The number of carbonyl (C=O) groups is 2. The molecule has 5 nitrogen and oxygen atoms in total. The van der Waals surface area contributed by atoms with Gasteiger partial charge in [-0.2, -0.15) is 13.2 Å². The molecule has 0 bridgehead atoms. The van der Waals surface area contributed by atoms with E-state index in [0.29, 0.717) is 12.8 Å². The predicted molar refractivity (Wildman–Crippen MR) is 53.8 cm³/mol. The maximum atomic E-state index is 11.7. The molecule has 0 unspecified atom stereocenters. The van der Waals surface area contributed by atoms with Crippen LogP contribution in [0.3, 0.4) is 0 Å². The number of ether oxygens (including phenoxy) is 1. The largest absolute Gasteiger partial charge is 0.481 e. The van der Waals surface area contributed by atoms with E-state index in [4.69, 9.17) is 5.11 Å². The van der Waals surface area contributed by atoms with Gasteiger partial charge in [-0.3, -0.25) is 9.59 Å². The Morgan fingerprint density at radius 2 is 1.94 bits per heavy atom. The first-order valence-electron chi connectivity index (χ1n) is 5.40. The van der Waals surface area contributed by atoms with Crippen molar-refractivity contribution in [3.63, 3.8) is 0 Å². The van der Waals surface area contributed by atoms with E-state index in [0.717, 1.165) is 6.42 Å². The van der Waals surface area contributed by atoms with Crippen LogP contribution in [0.1, 0.15) is 19.3 Å². The Hall–Kier alpha value is -1.31. The maximum Gasteiger partial charge on any atom is 0.411 e. The lowest BCUT2D eigenvalue weighted by Gasteiger charge is -2.37. The standard InChI is InChI=1S/C10H14F3NO4/c11-10(12,13)6-18-4-7(15)14-5-9(8(16)17)2-1-3-9/h1-6H2,(H,14,15)(H,16,17). The SMILES string of the molecule is O=C(COCC(F)(F)F)NCC1(C(=O)O)CCC1. The van der Waals surface area contributed by atoms with Crippen LogP contribution in [0.15, 0.2) is 0 Å². The van der Waals surface area contributed by atoms with Crippen molar-refractivity contribution in [2.45, 2.75) is 25.4 Å². The Morgan fingerprint density at radius 3 is 2.33 bits per heavy atom. The molecule has 0 saturated heterocycles. The molecule has 0 aromatic heterocycles. The Bertz CT molecular complexity index is 326. The monoisotopic (exact) mass is 269 g/mol. The zero-order valence-corrected chi connectivity index (χ0v) is 9.55. The Labute approximate surface area is 101 Å². The Morgan fingerprint density at radius 1 is 1.33 bits per heavy atom. The normalized spacial score (nSPS) is 17.9. The van der Waals surface area contributed by atoms with E-state index in [1.54, 1.807) is 0 Å². The number of carboxylic acids is 1. The van der Waals surface area contributed by atoms with Gasteiger partial charge in [0.25, 0.3) is 0 Å². The molecule has 104 valence electrons. The molecule has 18 heavy (non-hydrogen) atoms. The second-order valence-corrected chi connectivity index (χ2v) is 4.32. The summed E-state index contributed by atoms with van der Waals surface area (Å²) in [4.78, 5) is 22.1. The summed E-state index contributed by atoms with van der Waals surface area (Å²) in [5.74, 6) is -1.74. The topological polar surface area (TPSA) is 75.6 Å². The first kappa shape index (κ1) is 14.7. The first-order chi connectivity index (χ1) is 8.25. The molecule has 0 heterocycles. The van der Waals surface area contributed by atoms with E-state index in [2.05, 4.69) is 10.1 Å². The molecule has 1 amide bonds. The first-order valence-corrected chi connectivity index (χ1v) is 5.40. The third-order valence-electron chi connectivity index (χ3n) is 2.89. The third kappa shape index (κ3) is 4.17. The molecule has 1 saturated carbocycles. The van der Waals surface area contributed by atoms with Gasteiger partial charge in [-0.15, -0.1) is 0 Å². The summed E-state index contributed by atoms with van der Waals surface area (Å²) in [5.41, 5.74) is -0.959. The lowest BCUT2D eigenvalue weighted by Crippen LogP contribution is -2.48. The number of halogens is 3. The van der Waals surface area contributed by atoms with Crippen LogP contribution in [0.5, 0.6) is 0 Å². The predicted octanol–water partition coefficient (Wildman–Crippen LogP) is 0.936. The van der Waals surface area contributed by atoms with E-state index in [9.17, 15) is 22.8 Å². The zero-order chi connectivity index (χ0) is 13.8. The van der Waals surface area contributed by atoms with Gasteiger partial charge in [0.15, 0.2) is 0 Å². The number of carboxylic acid groups (broad SMARTS) is 1. The van der Waals surface area contributed by atoms with Crippen LogP contribution < -0.4 is 5.32 Å². The van der Waals surface area contributed by atoms with Crippen LogP contribution >= 0.6 is 0 Å². The number of amides is 1. The van der Waals surface area contributed by atoms with Crippen molar-refractivity contribution in [1.82, 2.24) is 5.32 Å². The van der Waals surface area contributed by atoms with Crippen LogP contribution in [0, 0.1) is 5.41 Å². The van der Waals surface area contributed by atoms with Gasteiger partial charge in [0.1, 0.15) is 13.2 Å². The van der Waals surface area contributed by atoms with Gasteiger partial charge < -0.3 is 15.2 Å². The summed E-state index contributed by atoms with van der Waals surface area (Å²) < 4.78 is 39.3. The van der Waals surface area contributed by atoms with Crippen molar-refractivity contribution < 1.29 is 32.6 Å². The molecule has 0 spiro atoms. The molecule has 8 heteroatoms. The number of alkyl halides is 3. The fourth-order valence-electron chi connectivity index (χ4n) is 1.65. The van der Waals surface area contributed by atoms with Crippen LogP contribution in [0.4, 0.5) is 13.2 Å². The summed E-state index contributed by atoms with van der Waals surface area (Å²) in [6.07, 6.45) is -2.78. The minimum Gasteiger partial charge on any atom is -0.481 e. The highest BCUT2D eigenvalue weighted by molar-refractivity contribution is 5.80. The van der Waals surface area contributed by atoms with E-state index in [1.165, 1.54) is 0 Å². The molecule has 1 aliphatic carbocycles. The quantitative estimate of drug-likeness (QED) is 0.752. The van der Waals surface area contributed by atoms with Crippen molar-refractivity contribution in [3.8, 4) is 0 Å². The lowest BCUT2D eigenvalue weighted by atomic mass is 9.69. The number of nitrogens with one attached hydrogen (secondary N) is 1. The summed E-state index contributed by atoms with van der Waals surface area (Å²) >= 11 is 0. The molecule has 1 rings (SSSR count). The van der Waals surface area contributed by atoms with E-state index in [-0.39, 0.29) is 6.54 Å². The maximum absolute atomic E-state index is 11.7. The molecule has 1 fully saturated rings. The molecule has 2 N–H and O–H groups in total. The second-order valence-electron chi connectivity index (χ2n) is 4.32. The fourth-order valence-corrected chi connectivity index (χ4v) is 1.65. The molecular formula is C10H14F3NO4. The minimum atomic E-state index is -4.48. The molecule has 0 atom stereocenters. The van der Waals surface area contributed by atoms with Crippen LogP contribution in [0.25, 0.3) is 0 Å². The van der Waals surface area contributed by atoms with Crippen LogP contribution in [-0.4, -0.2) is 42.9 Å². The Kier molecular flexibility index (Phi) is 4.55. The average molecular weight is 269 g/mol. The summed E-state index contributed by atoms with van der Waals surface area (Å²) in [5, 5.41) is 11.2. The van der Waals surface area contributed by atoms with E-state index >= 15 is 0 Å². The third-order valence-corrected chi connectivity index (χ3v) is 2.89. The van der Waals surface area contributed by atoms with Gasteiger partial charge in [-0.1, -0.05) is 6.42 Å². The lowest BCUT2D eigenvalue weighted by molar-refractivity contribution is -0.175. The van der Waals surface area contributed by atoms with Gasteiger partial charge in [-0.05, 0) is 12.8 Å². The minimum absolute atomic E-state index is 0.0729. The van der Waals surface area contributed by atoms with E-state index in [1.807, 2.05) is 0 Å². The van der Waals surface area contributed by atoms with Crippen molar-refractivity contribution in [2.24, 2.45) is 5.41 Å². The molecular weight excluding hydrogens is 255 g/mol. The van der Waals surface area contributed by atoms with Gasteiger partial charge >= 0.3 is 12.1 Å². The van der Waals surface area contributed by atoms with Gasteiger partial charge in [0.05, 0.1) is 5.41 Å². The Balaban J connectivity index is 2.23.